The Kier molecular flexibility index (Phi) is 1.17. The molecule has 0 aromatic carbocycles. The predicted octanol–water partition coefficient (Wildman–Crippen LogP) is -1.73. The van der Waals surface area contributed by atoms with E-state index in [4.69, 9.17) is 5.41 Å². The van der Waals surface area contributed by atoms with E-state index in [2.05, 4.69) is 0 Å². The maximum absolute atomic E-state index is 5.40. The van der Waals surface area contributed by atoms with Crippen molar-refractivity contribution in [1.82, 2.24) is 0 Å². The van der Waals surface area contributed by atoms with Gasteiger partial charge in [0.2, 0.25) is 0 Å². The maximum Gasteiger partial charge on any atom is 0.403 e. The van der Waals surface area contributed by atoms with Crippen LogP contribution < -0.4 is 10.7 Å². The van der Waals surface area contributed by atoms with Crippen molar-refractivity contribution in [2.45, 2.75) is 6.92 Å². The molecule has 0 saturated heterocycles. The van der Waals surface area contributed by atoms with Crippen molar-refractivity contribution in [3.05, 3.63) is 11.1 Å². The molecule has 2 nitrogen and oxygen atoms in total. The Bertz CT molecular complexity index is 128. The van der Waals surface area contributed by atoms with E-state index in [1.165, 1.54) is 5.70 Å². The van der Waals surface area contributed by atoms with Crippen LogP contribution >= 0.6 is 11.8 Å². The molecule has 1 aliphatic heterocycles. The molecule has 0 fully saturated rings. The van der Waals surface area contributed by atoms with Crippen molar-refractivity contribution in [3.8, 4) is 0 Å². The summed E-state index contributed by atoms with van der Waals surface area (Å²) in [6.07, 6.45) is 0. The molecule has 0 spiro atoms. The fourth-order valence-corrected chi connectivity index (χ4v) is 1.10. The number of nitrogens with two attached hydrogens (primary N) is 2. The second kappa shape index (κ2) is 1.68. The molecule has 0 aromatic rings. The maximum atomic E-state index is 5.40. The van der Waals surface area contributed by atoms with Crippen molar-refractivity contribution < 1.29 is 10.7 Å². The summed E-state index contributed by atoms with van der Waals surface area (Å²) >= 11 is 1.58. The van der Waals surface area contributed by atoms with Gasteiger partial charge in [-0.25, -0.2) is 10.7 Å². The average molecular weight is 116 g/mol. The van der Waals surface area contributed by atoms with Gasteiger partial charge in [0.1, 0.15) is 5.70 Å². The highest BCUT2D eigenvalue weighted by Crippen LogP contribution is 2.03. The molecule has 4 N–H and O–H groups in total. The van der Waals surface area contributed by atoms with Gasteiger partial charge in [0.25, 0.3) is 0 Å². The van der Waals surface area contributed by atoms with Gasteiger partial charge in [-0.2, -0.15) is 0 Å². The van der Waals surface area contributed by atoms with Crippen LogP contribution in [0.1, 0.15) is 6.92 Å². The summed E-state index contributed by atoms with van der Waals surface area (Å²) < 4.78 is 0. The van der Waals surface area contributed by atoms with Gasteiger partial charge in [-0.15, -0.1) is 0 Å². The standard InChI is InChI=1S/C4H6N2S/c1-3-2-7-4(5)6-3/h2H,1H3,(H2,5,6)/p+2. The molecule has 1 aliphatic rings. The molecule has 38 valence electrons. The second-order valence-electron chi connectivity index (χ2n) is 1.53. The summed E-state index contributed by atoms with van der Waals surface area (Å²) in [5.74, 6) is 0. The first-order valence-corrected chi connectivity index (χ1v) is 2.97. The van der Waals surface area contributed by atoms with Crippen molar-refractivity contribution in [3.63, 3.8) is 0 Å². The number of hydrogen-bond donors (Lipinski definition) is 2. The van der Waals surface area contributed by atoms with Crippen LogP contribution in [0.2, 0.25) is 0 Å². The number of quaternary nitrogens is 1. The van der Waals surface area contributed by atoms with Crippen LogP contribution in [-0.2, 0) is 0 Å². The zero-order valence-corrected chi connectivity index (χ0v) is 4.96. The van der Waals surface area contributed by atoms with E-state index < -0.39 is 0 Å². The van der Waals surface area contributed by atoms with E-state index in [0.717, 1.165) is 5.17 Å². The smallest absolute Gasteiger partial charge is 0.223 e. The van der Waals surface area contributed by atoms with Crippen molar-refractivity contribution in [2.24, 2.45) is 0 Å². The Morgan fingerprint density at radius 2 is 2.57 bits per heavy atom. The normalized spacial score (nSPS) is 20.1. The van der Waals surface area contributed by atoms with Gasteiger partial charge in [0.05, 0.1) is 0 Å². The van der Waals surface area contributed by atoms with E-state index in [-0.39, 0.29) is 0 Å². The first kappa shape index (κ1) is 4.87. The van der Waals surface area contributed by atoms with Gasteiger partial charge in [-0.3, -0.25) is 0 Å². The molecular weight excluding hydrogens is 108 g/mol. The van der Waals surface area contributed by atoms with Crippen LogP contribution in [0.4, 0.5) is 0 Å². The molecule has 1 rings (SSSR count). The third-order valence-corrected chi connectivity index (χ3v) is 1.63. The van der Waals surface area contributed by atoms with Crippen LogP contribution in [0.5, 0.6) is 0 Å². The lowest BCUT2D eigenvalue weighted by atomic mass is 10.6. The van der Waals surface area contributed by atoms with Crippen LogP contribution in [0.3, 0.4) is 0 Å². The van der Waals surface area contributed by atoms with Gasteiger partial charge in [0, 0.05) is 24.1 Å². The highest BCUT2D eigenvalue weighted by molar-refractivity contribution is 8.15. The molecule has 0 saturated carbocycles. The molecule has 0 atom stereocenters. The molecule has 0 radical (unpaired) electrons. The summed E-state index contributed by atoms with van der Waals surface area (Å²) in [5.41, 5.74) is 1.25. The zero-order chi connectivity index (χ0) is 5.28. The Morgan fingerprint density at radius 3 is 2.71 bits per heavy atom. The van der Waals surface area contributed by atoms with Crippen LogP contribution in [-0.4, -0.2) is 5.17 Å². The molecule has 0 aliphatic carbocycles. The van der Waals surface area contributed by atoms with E-state index in [1.54, 1.807) is 11.8 Å². The first-order chi connectivity index (χ1) is 3.29. The number of amidine groups is 1. The van der Waals surface area contributed by atoms with Crippen LogP contribution in [0.25, 0.3) is 0 Å². The van der Waals surface area contributed by atoms with E-state index >= 15 is 0 Å². The Balaban J connectivity index is 2.58. The minimum Gasteiger partial charge on any atom is -0.223 e. The Morgan fingerprint density at radius 1 is 1.86 bits per heavy atom. The van der Waals surface area contributed by atoms with E-state index in [0.29, 0.717) is 0 Å². The van der Waals surface area contributed by atoms with E-state index in [9.17, 15) is 0 Å². The van der Waals surface area contributed by atoms with Gasteiger partial charge < -0.3 is 0 Å². The third kappa shape index (κ3) is 1.04. The number of thioether (sulfide) groups is 1. The molecule has 0 aromatic heterocycles. The average Bonchev–Trinajstić information content (AvgIpc) is 1.87. The number of rotatable bonds is 0. The van der Waals surface area contributed by atoms with Crippen LogP contribution in [0.15, 0.2) is 11.1 Å². The fraction of sp³-hybridized carbons (Fsp3) is 0.250. The minimum absolute atomic E-state index is 0.900. The van der Waals surface area contributed by atoms with Gasteiger partial charge >= 0.3 is 5.17 Å². The van der Waals surface area contributed by atoms with Crippen LogP contribution in [0, 0.1) is 0 Å². The summed E-state index contributed by atoms with van der Waals surface area (Å²) in [6.45, 7) is 2.03. The third-order valence-electron chi connectivity index (χ3n) is 0.751. The second-order valence-corrected chi connectivity index (χ2v) is 2.47. The lowest BCUT2D eigenvalue weighted by Crippen LogP contribution is -2.88. The Labute approximate surface area is 46.5 Å². The molecule has 7 heavy (non-hydrogen) atoms. The zero-order valence-electron chi connectivity index (χ0n) is 4.14. The van der Waals surface area contributed by atoms with Crippen molar-refractivity contribution in [2.75, 3.05) is 0 Å². The highest BCUT2D eigenvalue weighted by atomic mass is 32.2. The predicted molar refractivity (Wildman–Crippen MR) is 30.2 cm³/mol. The topological polar surface area (TPSA) is 42.2 Å². The largest absolute Gasteiger partial charge is 0.403 e. The lowest BCUT2D eigenvalue weighted by Gasteiger charge is -1.77. The highest BCUT2D eigenvalue weighted by Gasteiger charge is 2.14. The first-order valence-electron chi connectivity index (χ1n) is 2.09. The molecule has 0 amide bonds. The summed E-state index contributed by atoms with van der Waals surface area (Å²) in [5, 5.41) is 10.3. The molecule has 3 heteroatoms. The minimum atomic E-state index is 0.900. The molecule has 1 heterocycles. The van der Waals surface area contributed by atoms with Gasteiger partial charge in [-0.1, -0.05) is 0 Å². The van der Waals surface area contributed by atoms with Crippen molar-refractivity contribution >= 4 is 16.9 Å². The quantitative estimate of drug-likeness (QED) is 0.388. The van der Waals surface area contributed by atoms with Gasteiger partial charge in [-0.05, 0) is 0 Å². The number of hydrogen-bond acceptors (Lipinski definition) is 1. The summed E-state index contributed by atoms with van der Waals surface area (Å²) in [7, 11) is 0. The summed E-state index contributed by atoms with van der Waals surface area (Å²) in [4.78, 5) is 0. The Hall–Kier alpha value is -0.280. The van der Waals surface area contributed by atoms with E-state index in [1.807, 2.05) is 17.6 Å². The van der Waals surface area contributed by atoms with Crippen molar-refractivity contribution in [1.29, 1.82) is 0 Å². The monoisotopic (exact) mass is 116 g/mol. The number of allylic oxidation sites excluding steroid dienone is 1. The molecule has 0 bridgehead atoms. The fourth-order valence-electron chi connectivity index (χ4n) is 0.453. The SMILES string of the molecule is CC1=CSC(=[NH2+])[NH2+]1. The van der Waals surface area contributed by atoms with Gasteiger partial charge in [0.15, 0.2) is 0 Å². The lowest BCUT2D eigenvalue weighted by molar-refractivity contribution is -0.505. The summed E-state index contributed by atoms with van der Waals surface area (Å²) in [6, 6.07) is 0. The molecule has 0 unspecified atom stereocenters. The molecular formula is C4H8N2S+2.